The number of carboxylic acids is 2. The summed E-state index contributed by atoms with van der Waals surface area (Å²) in [6.07, 6.45) is 2.06. The zero-order valence-electron chi connectivity index (χ0n) is 21.4. The van der Waals surface area contributed by atoms with E-state index in [-0.39, 0.29) is 25.2 Å². The van der Waals surface area contributed by atoms with Gasteiger partial charge in [0.1, 0.15) is 18.1 Å². The Kier molecular flexibility index (Phi) is 14.3. The molecule has 1 aromatic carbocycles. The van der Waals surface area contributed by atoms with Gasteiger partial charge in [0.25, 0.3) is 0 Å². The van der Waals surface area contributed by atoms with E-state index >= 15 is 0 Å². The van der Waals surface area contributed by atoms with Gasteiger partial charge in [0, 0.05) is 12.8 Å². The Morgan fingerprint density at radius 1 is 0.892 bits per heavy atom. The van der Waals surface area contributed by atoms with Gasteiger partial charge in [0.15, 0.2) is 0 Å². The molecule has 0 aliphatic carbocycles. The van der Waals surface area contributed by atoms with E-state index in [4.69, 9.17) is 10.8 Å². The molecule has 37 heavy (non-hydrogen) atoms. The number of carbonyl (C=O) groups is 5. The molecule has 11 nitrogen and oxygen atoms in total. The number of nitrogens with one attached hydrogen (secondary N) is 3. The number of nitrogens with two attached hydrogens (primary N) is 1. The molecule has 0 radical (unpaired) electrons. The Hall–Kier alpha value is -3.12. The van der Waals surface area contributed by atoms with Crippen LogP contribution in [0.4, 0.5) is 0 Å². The van der Waals surface area contributed by atoms with Crippen molar-refractivity contribution >= 4 is 41.4 Å². The number of aliphatic carboxylic acids is 2. The minimum atomic E-state index is -1.32. The lowest BCUT2D eigenvalue weighted by atomic mass is 9.99. The lowest BCUT2D eigenvalue weighted by molar-refractivity contribution is -0.143. The van der Waals surface area contributed by atoms with Gasteiger partial charge in [-0.1, -0.05) is 50.6 Å². The summed E-state index contributed by atoms with van der Waals surface area (Å²) < 4.78 is 0. The maximum Gasteiger partial charge on any atom is 0.326 e. The molecular formula is C25H38N4O7S. The average molecular weight is 539 g/mol. The molecule has 12 heteroatoms. The number of carboxylic acid groups (broad SMARTS) is 2. The highest BCUT2D eigenvalue weighted by Gasteiger charge is 2.31. The third-order valence-corrected chi connectivity index (χ3v) is 6.62. The first-order valence-corrected chi connectivity index (χ1v) is 13.5. The van der Waals surface area contributed by atoms with Crippen molar-refractivity contribution in [3.63, 3.8) is 0 Å². The summed E-state index contributed by atoms with van der Waals surface area (Å²) in [5, 5.41) is 26.3. The van der Waals surface area contributed by atoms with Crippen LogP contribution in [0.15, 0.2) is 30.3 Å². The molecule has 0 saturated carbocycles. The fourth-order valence-electron chi connectivity index (χ4n) is 3.42. The number of thioether (sulfide) groups is 1. The number of hydrogen-bond acceptors (Lipinski definition) is 7. The second kappa shape index (κ2) is 16.6. The van der Waals surface area contributed by atoms with Gasteiger partial charge in [-0.05, 0) is 36.3 Å². The van der Waals surface area contributed by atoms with Crippen LogP contribution in [0.5, 0.6) is 0 Å². The molecule has 0 aliphatic rings. The van der Waals surface area contributed by atoms with E-state index in [9.17, 15) is 29.1 Å². The molecule has 0 bridgehead atoms. The molecule has 0 aromatic heterocycles. The van der Waals surface area contributed by atoms with Crippen molar-refractivity contribution < 1.29 is 34.2 Å². The SMILES string of the molecule is CCC(C)C(N)C(=O)NC(CCSC)C(=O)NC(CCC(=O)O)C(=O)NC(Cc1ccccc1)C(=O)O. The summed E-state index contributed by atoms with van der Waals surface area (Å²) in [7, 11) is 0. The molecule has 1 aromatic rings. The highest BCUT2D eigenvalue weighted by molar-refractivity contribution is 7.98. The third kappa shape index (κ3) is 11.6. The van der Waals surface area contributed by atoms with E-state index in [1.807, 2.05) is 20.1 Å². The van der Waals surface area contributed by atoms with Gasteiger partial charge in [-0.2, -0.15) is 11.8 Å². The summed E-state index contributed by atoms with van der Waals surface area (Å²) >= 11 is 1.46. The molecule has 206 valence electrons. The average Bonchev–Trinajstić information content (AvgIpc) is 2.87. The molecule has 0 heterocycles. The third-order valence-electron chi connectivity index (χ3n) is 5.98. The normalized spacial score (nSPS) is 14.9. The fraction of sp³-hybridized carbons (Fsp3) is 0.560. The Bertz CT molecular complexity index is 916. The van der Waals surface area contributed by atoms with Gasteiger partial charge < -0.3 is 31.9 Å². The Balaban J connectivity index is 3.03. The van der Waals surface area contributed by atoms with Crippen molar-refractivity contribution in [2.75, 3.05) is 12.0 Å². The van der Waals surface area contributed by atoms with E-state index in [2.05, 4.69) is 16.0 Å². The molecule has 3 amide bonds. The van der Waals surface area contributed by atoms with Crippen LogP contribution >= 0.6 is 11.8 Å². The van der Waals surface area contributed by atoms with E-state index in [0.29, 0.717) is 17.7 Å². The van der Waals surface area contributed by atoms with E-state index in [0.717, 1.165) is 0 Å². The van der Waals surface area contributed by atoms with Crippen LogP contribution in [0.25, 0.3) is 0 Å². The number of carbonyl (C=O) groups excluding carboxylic acids is 3. The van der Waals surface area contributed by atoms with Crippen molar-refractivity contribution in [3.8, 4) is 0 Å². The van der Waals surface area contributed by atoms with E-state index in [1.54, 1.807) is 30.3 Å². The van der Waals surface area contributed by atoms with Crippen molar-refractivity contribution in [3.05, 3.63) is 35.9 Å². The molecule has 5 unspecified atom stereocenters. The zero-order chi connectivity index (χ0) is 28.0. The topological polar surface area (TPSA) is 188 Å². The standard InChI is InChI=1S/C25H38N4O7S/c1-4-15(2)21(26)24(34)28-18(12-13-37-3)23(33)27-17(10-11-20(30)31)22(32)29-19(25(35)36)14-16-8-6-5-7-9-16/h5-9,15,17-19,21H,4,10-14,26H2,1-3H3,(H,27,33)(H,28,34)(H,29,32)(H,30,31)(H,35,36). The van der Waals surface area contributed by atoms with Crippen LogP contribution in [-0.4, -0.2) is 76.0 Å². The minimum Gasteiger partial charge on any atom is -0.481 e. The summed E-state index contributed by atoms with van der Waals surface area (Å²) in [5.74, 6) is -4.06. The second-order valence-electron chi connectivity index (χ2n) is 8.84. The number of hydrogen-bond donors (Lipinski definition) is 6. The van der Waals surface area contributed by atoms with Gasteiger partial charge in [-0.25, -0.2) is 4.79 Å². The zero-order valence-corrected chi connectivity index (χ0v) is 22.3. The number of rotatable bonds is 17. The highest BCUT2D eigenvalue weighted by atomic mass is 32.2. The first-order chi connectivity index (χ1) is 17.5. The van der Waals surface area contributed by atoms with Gasteiger partial charge in [0.2, 0.25) is 17.7 Å². The van der Waals surface area contributed by atoms with Crippen LogP contribution in [0.2, 0.25) is 0 Å². The van der Waals surface area contributed by atoms with E-state index in [1.165, 1.54) is 11.8 Å². The number of amides is 3. The highest BCUT2D eigenvalue weighted by Crippen LogP contribution is 2.09. The Morgan fingerprint density at radius 2 is 1.43 bits per heavy atom. The largest absolute Gasteiger partial charge is 0.481 e. The molecule has 0 aliphatic heterocycles. The molecule has 5 atom stereocenters. The van der Waals surface area contributed by atoms with E-state index < -0.39 is 60.2 Å². The molecule has 0 saturated heterocycles. The monoisotopic (exact) mass is 538 g/mol. The van der Waals surface area contributed by atoms with Gasteiger partial charge >= 0.3 is 11.9 Å². The minimum absolute atomic E-state index is 0.00141. The van der Waals surface area contributed by atoms with Gasteiger partial charge in [-0.3, -0.25) is 19.2 Å². The fourth-order valence-corrected chi connectivity index (χ4v) is 3.89. The van der Waals surface area contributed by atoms with Crippen molar-refractivity contribution in [2.24, 2.45) is 11.7 Å². The van der Waals surface area contributed by atoms with Crippen LogP contribution in [0, 0.1) is 5.92 Å². The van der Waals surface area contributed by atoms with Crippen LogP contribution < -0.4 is 21.7 Å². The molecule has 0 fully saturated rings. The molecular weight excluding hydrogens is 500 g/mol. The van der Waals surface area contributed by atoms with Gasteiger partial charge in [-0.15, -0.1) is 0 Å². The molecule has 0 spiro atoms. The summed E-state index contributed by atoms with van der Waals surface area (Å²) in [5.41, 5.74) is 6.67. The molecule has 7 N–H and O–H groups in total. The quantitative estimate of drug-likeness (QED) is 0.166. The van der Waals surface area contributed by atoms with Gasteiger partial charge in [0.05, 0.1) is 6.04 Å². The lowest BCUT2D eigenvalue weighted by Crippen LogP contribution is -2.58. The summed E-state index contributed by atoms with van der Waals surface area (Å²) in [6.45, 7) is 3.71. The second-order valence-corrected chi connectivity index (χ2v) is 9.82. The van der Waals surface area contributed by atoms with Crippen LogP contribution in [-0.2, 0) is 30.4 Å². The first kappa shape index (κ1) is 31.9. The lowest BCUT2D eigenvalue weighted by Gasteiger charge is -2.26. The predicted molar refractivity (Wildman–Crippen MR) is 141 cm³/mol. The maximum absolute atomic E-state index is 13.1. The number of benzene rings is 1. The predicted octanol–water partition coefficient (Wildman–Crippen LogP) is 0.759. The maximum atomic E-state index is 13.1. The smallest absolute Gasteiger partial charge is 0.326 e. The van der Waals surface area contributed by atoms with Crippen molar-refractivity contribution in [2.45, 2.75) is 70.1 Å². The summed E-state index contributed by atoms with van der Waals surface area (Å²) in [4.78, 5) is 61.6. The van der Waals surface area contributed by atoms with Crippen LogP contribution in [0.1, 0.15) is 45.1 Å². The Morgan fingerprint density at radius 3 is 1.95 bits per heavy atom. The molecule has 1 rings (SSSR count). The first-order valence-electron chi connectivity index (χ1n) is 12.1. The Labute approximate surface area is 221 Å². The van der Waals surface area contributed by atoms with Crippen LogP contribution in [0.3, 0.4) is 0 Å². The van der Waals surface area contributed by atoms with Crippen molar-refractivity contribution in [1.82, 2.24) is 16.0 Å². The van der Waals surface area contributed by atoms with Crippen molar-refractivity contribution in [1.29, 1.82) is 0 Å². The summed E-state index contributed by atoms with van der Waals surface area (Å²) in [6, 6.07) is 4.24.